The van der Waals surface area contributed by atoms with Crippen LogP contribution in [0.2, 0.25) is 6.32 Å². The Morgan fingerprint density at radius 1 is 1.19 bits per heavy atom. The SMILES string of the molecule is CC1(C)[C@H]2C[C@@H]3OB(CC[C@@H]4CCC(CN5CCCC5)[C@@](N)(C(=O)O)C4)O[C@]3(C)[C@@H]1C2. The van der Waals surface area contributed by atoms with Gasteiger partial charge in [0.15, 0.2) is 0 Å². The number of carbonyl (C=O) groups is 1. The van der Waals surface area contributed by atoms with E-state index in [-0.39, 0.29) is 24.7 Å². The number of hydrogen-bond donors (Lipinski definition) is 2. The average Bonchev–Trinajstić information content (AvgIpc) is 3.34. The molecule has 7 atom stereocenters. The molecule has 2 bridgehead atoms. The zero-order valence-corrected chi connectivity index (χ0v) is 19.6. The molecule has 31 heavy (non-hydrogen) atoms. The van der Waals surface area contributed by atoms with Gasteiger partial charge in [0, 0.05) is 12.5 Å². The lowest BCUT2D eigenvalue weighted by Gasteiger charge is -2.64. The summed E-state index contributed by atoms with van der Waals surface area (Å²) in [5.74, 6) is 0.906. The van der Waals surface area contributed by atoms with Crippen LogP contribution in [0.4, 0.5) is 0 Å². The molecule has 0 aromatic rings. The second kappa shape index (κ2) is 7.71. The lowest BCUT2D eigenvalue weighted by atomic mass is 9.43. The van der Waals surface area contributed by atoms with Gasteiger partial charge in [-0.15, -0.1) is 0 Å². The number of nitrogens with two attached hydrogens (primary N) is 1. The number of hydrogen-bond acceptors (Lipinski definition) is 5. The highest BCUT2D eigenvalue weighted by Crippen LogP contribution is 2.65. The standard InChI is InChI=1S/C24H41BN2O4/c1-22(2)18-12-19(22)23(3)20(13-18)30-25(31-23)9-8-16-6-7-17(15-27-10-4-5-11-27)24(26,14-16)21(28)29/h16-20H,4-15,26H2,1-3H3,(H,28,29)/t16-,17?,18+,19+,20-,23+,24+/m0/s1. The Morgan fingerprint density at radius 2 is 1.94 bits per heavy atom. The number of nitrogens with zero attached hydrogens (tertiary/aromatic N) is 1. The smallest absolute Gasteiger partial charge is 0.457 e. The third-order valence-corrected chi connectivity index (χ3v) is 10.2. The summed E-state index contributed by atoms with van der Waals surface area (Å²) in [6, 6.07) is 0. The van der Waals surface area contributed by atoms with Crippen molar-refractivity contribution in [3.63, 3.8) is 0 Å². The van der Waals surface area contributed by atoms with E-state index in [0.29, 0.717) is 23.7 Å². The van der Waals surface area contributed by atoms with Crippen molar-refractivity contribution in [2.75, 3.05) is 19.6 Å². The van der Waals surface area contributed by atoms with Crippen molar-refractivity contribution in [3.05, 3.63) is 0 Å². The minimum absolute atomic E-state index is 0.0501. The van der Waals surface area contributed by atoms with Gasteiger partial charge in [0.05, 0.1) is 11.7 Å². The molecule has 6 nitrogen and oxygen atoms in total. The van der Waals surface area contributed by atoms with Crippen molar-refractivity contribution in [3.8, 4) is 0 Å². The summed E-state index contributed by atoms with van der Waals surface area (Å²) in [7, 11) is -0.149. The first-order valence-electron chi connectivity index (χ1n) is 12.7. The minimum Gasteiger partial charge on any atom is -0.480 e. The predicted molar refractivity (Wildman–Crippen MR) is 121 cm³/mol. The van der Waals surface area contributed by atoms with E-state index >= 15 is 0 Å². The van der Waals surface area contributed by atoms with E-state index in [4.69, 9.17) is 15.0 Å². The summed E-state index contributed by atoms with van der Waals surface area (Å²) in [4.78, 5) is 14.6. The molecule has 0 radical (unpaired) electrons. The Morgan fingerprint density at radius 3 is 2.61 bits per heavy atom. The van der Waals surface area contributed by atoms with Crippen LogP contribution in [0.25, 0.3) is 0 Å². The highest BCUT2D eigenvalue weighted by atomic mass is 16.7. The Labute approximate surface area is 187 Å². The number of rotatable bonds is 6. The molecule has 4 aliphatic carbocycles. The summed E-state index contributed by atoms with van der Waals surface area (Å²) >= 11 is 0. The maximum absolute atomic E-state index is 12.2. The van der Waals surface area contributed by atoms with Crippen LogP contribution >= 0.6 is 0 Å². The lowest BCUT2D eigenvalue weighted by molar-refractivity contribution is -0.199. The monoisotopic (exact) mass is 432 g/mol. The first-order valence-corrected chi connectivity index (χ1v) is 12.7. The molecule has 6 rings (SSSR count). The molecule has 6 aliphatic rings. The normalized spacial score (nSPS) is 46.6. The summed E-state index contributed by atoms with van der Waals surface area (Å²) < 4.78 is 12.9. The molecule has 7 heteroatoms. The molecule has 0 amide bonds. The van der Waals surface area contributed by atoms with Gasteiger partial charge < -0.3 is 25.0 Å². The molecule has 6 fully saturated rings. The summed E-state index contributed by atoms with van der Waals surface area (Å²) in [6.45, 7) is 10.0. The van der Waals surface area contributed by atoms with Crippen LogP contribution in [0.3, 0.4) is 0 Å². The highest BCUT2D eigenvalue weighted by molar-refractivity contribution is 6.45. The van der Waals surface area contributed by atoms with E-state index in [1.54, 1.807) is 0 Å². The maximum atomic E-state index is 12.2. The van der Waals surface area contributed by atoms with Gasteiger partial charge in [-0.3, -0.25) is 4.79 Å². The molecule has 0 aromatic heterocycles. The van der Waals surface area contributed by atoms with E-state index in [9.17, 15) is 9.90 Å². The van der Waals surface area contributed by atoms with Crippen LogP contribution < -0.4 is 5.73 Å². The summed E-state index contributed by atoms with van der Waals surface area (Å²) in [6.07, 6.45) is 9.39. The van der Waals surface area contributed by atoms with Crippen LogP contribution in [0.1, 0.15) is 72.1 Å². The highest BCUT2D eigenvalue weighted by Gasteiger charge is 2.67. The van der Waals surface area contributed by atoms with Crippen molar-refractivity contribution in [1.29, 1.82) is 0 Å². The topological polar surface area (TPSA) is 85.0 Å². The van der Waals surface area contributed by atoms with Gasteiger partial charge in [-0.25, -0.2) is 0 Å². The van der Waals surface area contributed by atoms with E-state index < -0.39 is 11.5 Å². The average molecular weight is 432 g/mol. The van der Waals surface area contributed by atoms with Gasteiger partial charge in [-0.05, 0) is 94.4 Å². The van der Waals surface area contributed by atoms with Crippen LogP contribution in [-0.2, 0) is 14.1 Å². The second-order valence-electron chi connectivity index (χ2n) is 12.2. The van der Waals surface area contributed by atoms with E-state index in [1.165, 1.54) is 19.3 Å². The number of likely N-dealkylation sites (tertiary alicyclic amines) is 1. The molecule has 4 saturated carbocycles. The van der Waals surface area contributed by atoms with Gasteiger partial charge in [0.1, 0.15) is 5.54 Å². The fourth-order valence-corrected chi connectivity index (χ4v) is 7.93. The zero-order chi connectivity index (χ0) is 22.0. The molecular weight excluding hydrogens is 391 g/mol. The summed E-state index contributed by atoms with van der Waals surface area (Å²) in [5, 5.41) is 10.0. The Balaban J connectivity index is 1.17. The van der Waals surface area contributed by atoms with Gasteiger partial charge in [-0.1, -0.05) is 20.3 Å². The Kier molecular flexibility index (Phi) is 5.52. The van der Waals surface area contributed by atoms with E-state index in [1.807, 2.05) is 0 Å². The van der Waals surface area contributed by atoms with Gasteiger partial charge in [0.2, 0.25) is 0 Å². The van der Waals surface area contributed by atoms with Crippen molar-refractivity contribution in [1.82, 2.24) is 4.90 Å². The first kappa shape index (κ1) is 22.2. The molecule has 1 unspecified atom stereocenters. The minimum atomic E-state index is -1.10. The number of carboxylic acid groups (broad SMARTS) is 1. The Bertz CT molecular complexity index is 714. The van der Waals surface area contributed by atoms with E-state index in [0.717, 1.165) is 57.6 Å². The van der Waals surface area contributed by atoms with Gasteiger partial charge >= 0.3 is 13.1 Å². The van der Waals surface area contributed by atoms with Crippen molar-refractivity contribution in [2.45, 2.75) is 95.7 Å². The fraction of sp³-hybridized carbons (Fsp3) is 0.958. The number of aliphatic carboxylic acids is 1. The van der Waals surface area contributed by atoms with Gasteiger partial charge in [-0.2, -0.15) is 0 Å². The third-order valence-electron chi connectivity index (χ3n) is 10.2. The second-order valence-corrected chi connectivity index (χ2v) is 12.2. The maximum Gasteiger partial charge on any atom is 0.457 e. The lowest BCUT2D eigenvalue weighted by Crippen LogP contribution is -2.65. The number of carboxylic acids is 1. The van der Waals surface area contributed by atoms with Crippen molar-refractivity contribution < 1.29 is 19.2 Å². The molecule has 2 saturated heterocycles. The summed E-state index contributed by atoms with van der Waals surface area (Å²) in [5.41, 5.74) is 5.68. The van der Waals surface area contributed by atoms with Gasteiger partial charge in [0.25, 0.3) is 0 Å². The molecule has 2 aliphatic heterocycles. The molecule has 174 valence electrons. The van der Waals surface area contributed by atoms with Crippen LogP contribution in [-0.4, -0.2) is 60.0 Å². The van der Waals surface area contributed by atoms with E-state index in [2.05, 4.69) is 25.7 Å². The van der Waals surface area contributed by atoms with Crippen LogP contribution in [0.5, 0.6) is 0 Å². The fourth-order valence-electron chi connectivity index (χ4n) is 7.93. The first-order chi connectivity index (χ1) is 14.6. The Hall–Kier alpha value is -0.625. The molecule has 3 N–H and O–H groups in total. The quantitative estimate of drug-likeness (QED) is 0.626. The van der Waals surface area contributed by atoms with Crippen molar-refractivity contribution >= 4 is 13.1 Å². The predicted octanol–water partition coefficient (Wildman–Crippen LogP) is 3.40. The zero-order valence-electron chi connectivity index (χ0n) is 19.6. The largest absolute Gasteiger partial charge is 0.480 e. The third kappa shape index (κ3) is 3.58. The van der Waals surface area contributed by atoms with Crippen molar-refractivity contribution in [2.24, 2.45) is 34.8 Å². The molecular formula is C24H41BN2O4. The molecule has 0 aromatic carbocycles. The van der Waals surface area contributed by atoms with Crippen LogP contribution in [0.15, 0.2) is 0 Å². The van der Waals surface area contributed by atoms with Crippen LogP contribution in [0, 0.1) is 29.1 Å². The molecule has 0 spiro atoms. The molecule has 2 heterocycles.